The van der Waals surface area contributed by atoms with E-state index in [0.717, 1.165) is 28.4 Å². The van der Waals surface area contributed by atoms with Crippen molar-refractivity contribution in [3.63, 3.8) is 0 Å². The molecule has 1 amide bonds. The number of hydrogen-bond donors (Lipinski definition) is 1. The van der Waals surface area contributed by atoms with Gasteiger partial charge in [-0.05, 0) is 43.0 Å². The van der Waals surface area contributed by atoms with Gasteiger partial charge in [0.25, 0.3) is 5.69 Å². The molecule has 23 heavy (non-hydrogen) atoms. The molecule has 0 aromatic heterocycles. The van der Waals surface area contributed by atoms with Gasteiger partial charge in [0, 0.05) is 16.6 Å². The van der Waals surface area contributed by atoms with Crippen LogP contribution < -0.4 is 5.32 Å². The molecule has 1 aliphatic carbocycles. The normalized spacial score (nSPS) is 15.0. The highest BCUT2D eigenvalue weighted by Gasteiger charge is 2.51. The zero-order chi connectivity index (χ0) is 16.6. The molecule has 1 N–H and O–H groups in total. The van der Waals surface area contributed by atoms with Crippen LogP contribution >= 0.6 is 15.9 Å². The van der Waals surface area contributed by atoms with E-state index in [1.54, 1.807) is 6.07 Å². The van der Waals surface area contributed by atoms with E-state index in [4.69, 9.17) is 0 Å². The Bertz CT molecular complexity index is 783. The summed E-state index contributed by atoms with van der Waals surface area (Å²) in [6, 6.07) is 12.2. The maximum Gasteiger partial charge on any atom is 0.271 e. The minimum atomic E-state index is -0.516. The SMILES string of the molecule is Cc1ccc([N+](=O)[O-])cc1NC(=O)C1(c2ccc(Br)cc2)CC1. The molecule has 0 saturated heterocycles. The summed E-state index contributed by atoms with van der Waals surface area (Å²) in [5.74, 6) is -0.108. The lowest BCUT2D eigenvalue weighted by Crippen LogP contribution is -2.28. The average molecular weight is 375 g/mol. The van der Waals surface area contributed by atoms with E-state index in [1.165, 1.54) is 12.1 Å². The van der Waals surface area contributed by atoms with E-state index in [0.29, 0.717) is 5.69 Å². The van der Waals surface area contributed by atoms with Crippen LogP contribution in [0.4, 0.5) is 11.4 Å². The fourth-order valence-electron chi connectivity index (χ4n) is 2.64. The standard InChI is InChI=1S/C17H15BrN2O3/c1-11-2-7-14(20(22)23)10-15(11)19-16(21)17(8-9-17)12-3-5-13(18)6-4-12/h2-7,10H,8-9H2,1H3,(H,19,21). The molecular weight excluding hydrogens is 360 g/mol. The van der Waals surface area contributed by atoms with Crippen LogP contribution in [-0.2, 0) is 10.2 Å². The molecule has 0 heterocycles. The number of hydrogen-bond acceptors (Lipinski definition) is 3. The van der Waals surface area contributed by atoms with E-state index < -0.39 is 10.3 Å². The van der Waals surface area contributed by atoms with E-state index in [-0.39, 0.29) is 11.6 Å². The van der Waals surface area contributed by atoms with Gasteiger partial charge in [-0.2, -0.15) is 0 Å². The monoisotopic (exact) mass is 374 g/mol. The van der Waals surface area contributed by atoms with Crippen molar-refractivity contribution in [3.8, 4) is 0 Å². The van der Waals surface area contributed by atoms with Gasteiger partial charge >= 0.3 is 0 Å². The van der Waals surface area contributed by atoms with Crippen molar-refractivity contribution >= 4 is 33.2 Å². The number of amides is 1. The van der Waals surface area contributed by atoms with Crippen molar-refractivity contribution in [2.75, 3.05) is 5.32 Å². The molecular formula is C17H15BrN2O3. The fraction of sp³-hybridized carbons (Fsp3) is 0.235. The first-order valence-corrected chi connectivity index (χ1v) is 8.04. The van der Waals surface area contributed by atoms with Crippen LogP contribution in [0.3, 0.4) is 0 Å². The first-order chi connectivity index (χ1) is 10.9. The second-order valence-electron chi connectivity index (χ2n) is 5.80. The van der Waals surface area contributed by atoms with Gasteiger partial charge in [-0.15, -0.1) is 0 Å². The van der Waals surface area contributed by atoms with Crippen LogP contribution in [0, 0.1) is 17.0 Å². The van der Waals surface area contributed by atoms with Crippen LogP contribution in [0.25, 0.3) is 0 Å². The topological polar surface area (TPSA) is 72.2 Å². The van der Waals surface area contributed by atoms with Gasteiger partial charge in [0.1, 0.15) is 0 Å². The number of nitro groups is 1. The second kappa shape index (κ2) is 5.77. The van der Waals surface area contributed by atoms with Crippen molar-refractivity contribution in [3.05, 3.63) is 68.2 Å². The number of nitrogens with zero attached hydrogens (tertiary/aromatic N) is 1. The Kier molecular flexibility index (Phi) is 3.93. The Labute approximate surface area is 142 Å². The van der Waals surface area contributed by atoms with Gasteiger partial charge in [0.2, 0.25) is 5.91 Å². The summed E-state index contributed by atoms with van der Waals surface area (Å²) in [4.78, 5) is 23.2. The second-order valence-corrected chi connectivity index (χ2v) is 6.72. The number of halogens is 1. The highest BCUT2D eigenvalue weighted by atomic mass is 79.9. The minimum absolute atomic E-state index is 0.0283. The average Bonchev–Trinajstić information content (AvgIpc) is 3.31. The molecule has 2 aromatic rings. The summed E-state index contributed by atoms with van der Waals surface area (Å²) in [5.41, 5.74) is 1.72. The van der Waals surface area contributed by atoms with Crippen molar-refractivity contribution in [2.45, 2.75) is 25.2 Å². The number of nitro benzene ring substituents is 1. The number of nitrogens with one attached hydrogen (secondary N) is 1. The third-order valence-electron chi connectivity index (χ3n) is 4.26. The lowest BCUT2D eigenvalue weighted by molar-refractivity contribution is -0.384. The Morgan fingerprint density at radius 3 is 2.43 bits per heavy atom. The van der Waals surface area contributed by atoms with Gasteiger partial charge in [0.15, 0.2) is 0 Å². The molecule has 0 bridgehead atoms. The number of rotatable bonds is 4. The van der Waals surface area contributed by atoms with Gasteiger partial charge in [-0.3, -0.25) is 14.9 Å². The molecule has 0 aliphatic heterocycles. The number of non-ortho nitro benzene ring substituents is 1. The lowest BCUT2D eigenvalue weighted by Gasteiger charge is -2.17. The highest BCUT2D eigenvalue weighted by molar-refractivity contribution is 9.10. The number of anilines is 1. The minimum Gasteiger partial charge on any atom is -0.325 e. The zero-order valence-electron chi connectivity index (χ0n) is 12.5. The molecule has 1 saturated carbocycles. The van der Waals surface area contributed by atoms with Crippen LogP contribution in [0.2, 0.25) is 0 Å². The first-order valence-electron chi connectivity index (χ1n) is 7.25. The fourth-order valence-corrected chi connectivity index (χ4v) is 2.91. The van der Waals surface area contributed by atoms with E-state index in [1.807, 2.05) is 31.2 Å². The van der Waals surface area contributed by atoms with E-state index in [9.17, 15) is 14.9 Å². The summed E-state index contributed by atoms with van der Waals surface area (Å²) in [5, 5.41) is 13.8. The van der Waals surface area contributed by atoms with Crippen LogP contribution in [0.1, 0.15) is 24.0 Å². The zero-order valence-corrected chi connectivity index (χ0v) is 14.1. The molecule has 5 nitrogen and oxygen atoms in total. The van der Waals surface area contributed by atoms with Gasteiger partial charge < -0.3 is 5.32 Å². The smallest absolute Gasteiger partial charge is 0.271 e. The predicted octanol–water partition coefficient (Wildman–Crippen LogP) is 4.34. The van der Waals surface area contributed by atoms with Crippen molar-refractivity contribution in [1.29, 1.82) is 0 Å². The quantitative estimate of drug-likeness (QED) is 0.638. The largest absolute Gasteiger partial charge is 0.325 e. The highest BCUT2D eigenvalue weighted by Crippen LogP contribution is 2.49. The Hall–Kier alpha value is -2.21. The molecule has 118 valence electrons. The first kappa shape index (κ1) is 15.7. The maximum atomic E-state index is 12.7. The molecule has 0 radical (unpaired) electrons. The summed E-state index contributed by atoms with van der Waals surface area (Å²) in [7, 11) is 0. The summed E-state index contributed by atoms with van der Waals surface area (Å²) in [6.07, 6.45) is 1.57. The van der Waals surface area contributed by atoms with E-state index in [2.05, 4.69) is 21.2 Å². The Balaban J connectivity index is 1.86. The van der Waals surface area contributed by atoms with Crippen molar-refractivity contribution < 1.29 is 9.72 Å². The summed E-state index contributed by atoms with van der Waals surface area (Å²) >= 11 is 3.39. The third-order valence-corrected chi connectivity index (χ3v) is 4.79. The van der Waals surface area contributed by atoms with Crippen molar-refractivity contribution in [1.82, 2.24) is 0 Å². The number of carbonyl (C=O) groups excluding carboxylic acids is 1. The predicted molar refractivity (Wildman–Crippen MR) is 91.5 cm³/mol. The Morgan fingerprint density at radius 2 is 1.87 bits per heavy atom. The van der Waals surface area contributed by atoms with Gasteiger partial charge in [0.05, 0.1) is 16.0 Å². The molecule has 2 aromatic carbocycles. The number of benzene rings is 2. The third kappa shape index (κ3) is 2.99. The summed E-state index contributed by atoms with van der Waals surface area (Å²) < 4.78 is 0.965. The molecule has 3 rings (SSSR count). The van der Waals surface area contributed by atoms with Crippen LogP contribution in [-0.4, -0.2) is 10.8 Å². The summed E-state index contributed by atoms with van der Waals surface area (Å²) in [6.45, 7) is 1.82. The maximum absolute atomic E-state index is 12.7. The Morgan fingerprint density at radius 1 is 1.22 bits per heavy atom. The molecule has 1 aliphatic rings. The number of carbonyl (C=O) groups is 1. The van der Waals surface area contributed by atoms with Gasteiger partial charge in [-0.25, -0.2) is 0 Å². The molecule has 0 atom stereocenters. The molecule has 6 heteroatoms. The molecule has 0 unspecified atom stereocenters. The molecule has 1 fully saturated rings. The molecule has 0 spiro atoms. The van der Waals surface area contributed by atoms with Crippen LogP contribution in [0.15, 0.2) is 46.9 Å². The van der Waals surface area contributed by atoms with Gasteiger partial charge in [-0.1, -0.05) is 34.1 Å². The number of aryl methyl sites for hydroxylation is 1. The van der Waals surface area contributed by atoms with Crippen LogP contribution in [0.5, 0.6) is 0 Å². The van der Waals surface area contributed by atoms with Crippen molar-refractivity contribution in [2.24, 2.45) is 0 Å². The van der Waals surface area contributed by atoms with E-state index >= 15 is 0 Å². The lowest BCUT2D eigenvalue weighted by atomic mass is 9.95.